The van der Waals surface area contributed by atoms with Gasteiger partial charge in [-0.1, -0.05) is 19.1 Å². The van der Waals surface area contributed by atoms with E-state index in [9.17, 15) is 14.4 Å². The summed E-state index contributed by atoms with van der Waals surface area (Å²) in [6, 6.07) is 19.0. The van der Waals surface area contributed by atoms with Gasteiger partial charge >= 0.3 is 11.8 Å². The fourth-order valence-corrected chi connectivity index (χ4v) is 3.13. The molecule has 0 saturated carbocycles. The van der Waals surface area contributed by atoms with Crippen molar-refractivity contribution in [3.63, 3.8) is 0 Å². The Hall–Kier alpha value is -4.86. The first-order chi connectivity index (χ1) is 17.9. The monoisotopic (exact) mass is 504 g/mol. The summed E-state index contributed by atoms with van der Waals surface area (Å²) in [5.74, 6) is -0.767. The molecule has 3 amide bonds. The number of anilines is 2. The number of carbonyl (C=O) groups is 3. The van der Waals surface area contributed by atoms with Crippen molar-refractivity contribution in [1.82, 2.24) is 5.43 Å². The molecule has 0 saturated heterocycles. The van der Waals surface area contributed by atoms with Crippen molar-refractivity contribution in [3.05, 3.63) is 77.9 Å². The van der Waals surface area contributed by atoms with Crippen LogP contribution in [0, 0.1) is 0 Å². The van der Waals surface area contributed by atoms with Crippen molar-refractivity contribution in [2.75, 3.05) is 31.5 Å². The zero-order chi connectivity index (χ0) is 26.6. The second-order valence-electron chi connectivity index (χ2n) is 7.68. The standard InChI is InChI=1S/C27H28N4O6/c1-4-18-5-8-20(9-6-18)29-25(32)17-37-23-14-7-19(15-24(23)36-3)16-28-31-27(34)26(33)30-21-10-12-22(35-2)13-11-21/h5-16H,4,17H2,1-3H3,(H,29,32)(H,30,33)(H,31,34)/b28-16-. The molecule has 0 spiro atoms. The molecular weight excluding hydrogens is 476 g/mol. The Bertz CT molecular complexity index is 1260. The number of amides is 3. The van der Waals surface area contributed by atoms with Crippen LogP contribution in [0.25, 0.3) is 0 Å². The molecule has 0 unspecified atom stereocenters. The number of nitrogens with zero attached hydrogens (tertiary/aromatic N) is 1. The summed E-state index contributed by atoms with van der Waals surface area (Å²) >= 11 is 0. The first-order valence-corrected chi connectivity index (χ1v) is 11.4. The molecule has 0 aromatic heterocycles. The van der Waals surface area contributed by atoms with Crippen molar-refractivity contribution in [1.29, 1.82) is 0 Å². The molecule has 0 fully saturated rings. The second kappa shape index (κ2) is 13.3. The number of ether oxygens (including phenoxy) is 3. The van der Waals surface area contributed by atoms with Gasteiger partial charge in [-0.3, -0.25) is 14.4 Å². The maximum Gasteiger partial charge on any atom is 0.329 e. The van der Waals surface area contributed by atoms with Crippen LogP contribution in [0.5, 0.6) is 17.2 Å². The number of carbonyl (C=O) groups excluding carboxylic acids is 3. The van der Waals surface area contributed by atoms with E-state index < -0.39 is 11.8 Å². The summed E-state index contributed by atoms with van der Waals surface area (Å²) in [6.45, 7) is 1.85. The number of benzene rings is 3. The van der Waals surface area contributed by atoms with Gasteiger partial charge in [0.05, 0.1) is 20.4 Å². The van der Waals surface area contributed by atoms with Gasteiger partial charge in [0.15, 0.2) is 18.1 Å². The molecule has 3 rings (SSSR count). The Morgan fingerprint density at radius 1 is 0.811 bits per heavy atom. The lowest BCUT2D eigenvalue weighted by atomic mass is 10.1. The molecule has 3 aromatic carbocycles. The predicted molar refractivity (Wildman–Crippen MR) is 140 cm³/mol. The Morgan fingerprint density at radius 2 is 1.49 bits per heavy atom. The number of rotatable bonds is 10. The molecule has 10 heteroatoms. The summed E-state index contributed by atoms with van der Waals surface area (Å²) in [5.41, 5.74) is 5.04. The molecule has 3 N–H and O–H groups in total. The van der Waals surface area contributed by atoms with Crippen LogP contribution in [0.1, 0.15) is 18.1 Å². The predicted octanol–water partition coefficient (Wildman–Crippen LogP) is 3.37. The van der Waals surface area contributed by atoms with Crippen molar-refractivity contribution < 1.29 is 28.6 Å². The SMILES string of the molecule is CCc1ccc(NC(=O)COc2ccc(/C=N\NC(=O)C(=O)Nc3ccc(OC)cc3)cc2OC)cc1. The minimum Gasteiger partial charge on any atom is -0.497 e. The molecule has 0 aliphatic carbocycles. The Morgan fingerprint density at radius 3 is 2.14 bits per heavy atom. The molecule has 0 heterocycles. The van der Waals surface area contributed by atoms with Crippen LogP contribution in [0.15, 0.2) is 71.8 Å². The molecule has 0 aliphatic rings. The topological polar surface area (TPSA) is 127 Å². The Labute approximate surface area is 214 Å². The number of hydrogen-bond acceptors (Lipinski definition) is 7. The van der Waals surface area contributed by atoms with Crippen LogP contribution in [0.4, 0.5) is 11.4 Å². The number of hydrazone groups is 1. The fourth-order valence-electron chi connectivity index (χ4n) is 3.13. The van der Waals surface area contributed by atoms with Crippen LogP contribution in [-0.2, 0) is 20.8 Å². The van der Waals surface area contributed by atoms with E-state index in [2.05, 4.69) is 28.1 Å². The highest BCUT2D eigenvalue weighted by molar-refractivity contribution is 6.39. The van der Waals surface area contributed by atoms with E-state index in [4.69, 9.17) is 14.2 Å². The highest BCUT2D eigenvalue weighted by Gasteiger charge is 2.13. The molecule has 10 nitrogen and oxygen atoms in total. The van der Waals surface area contributed by atoms with Crippen molar-refractivity contribution in [2.24, 2.45) is 5.10 Å². The van der Waals surface area contributed by atoms with E-state index in [0.29, 0.717) is 34.2 Å². The largest absolute Gasteiger partial charge is 0.497 e. The molecule has 0 aliphatic heterocycles. The number of hydrogen-bond donors (Lipinski definition) is 3. The Kier molecular flexibility index (Phi) is 9.60. The number of nitrogens with one attached hydrogen (secondary N) is 3. The quantitative estimate of drug-likeness (QED) is 0.221. The first kappa shape index (κ1) is 26.7. The van der Waals surface area contributed by atoms with Gasteiger partial charge in [-0.25, -0.2) is 5.43 Å². The third-order valence-electron chi connectivity index (χ3n) is 5.13. The number of aryl methyl sites for hydroxylation is 1. The third kappa shape index (κ3) is 8.10. The highest BCUT2D eigenvalue weighted by atomic mass is 16.5. The van der Waals surface area contributed by atoms with Gasteiger partial charge in [0, 0.05) is 11.4 Å². The molecule has 0 bridgehead atoms. The van der Waals surface area contributed by atoms with Crippen LogP contribution in [0.3, 0.4) is 0 Å². The summed E-state index contributed by atoms with van der Waals surface area (Å²) < 4.78 is 16.0. The smallest absolute Gasteiger partial charge is 0.329 e. The van der Waals surface area contributed by atoms with Crippen LogP contribution >= 0.6 is 0 Å². The van der Waals surface area contributed by atoms with Gasteiger partial charge in [0.1, 0.15) is 5.75 Å². The molecular formula is C27H28N4O6. The van der Waals surface area contributed by atoms with E-state index in [-0.39, 0.29) is 12.5 Å². The summed E-state index contributed by atoms with van der Waals surface area (Å²) in [5, 5.41) is 9.04. The molecule has 37 heavy (non-hydrogen) atoms. The third-order valence-corrected chi connectivity index (χ3v) is 5.13. The average molecular weight is 505 g/mol. The lowest BCUT2D eigenvalue weighted by molar-refractivity contribution is -0.136. The lowest BCUT2D eigenvalue weighted by Crippen LogP contribution is -2.32. The van der Waals surface area contributed by atoms with Gasteiger partial charge in [-0.05, 0) is 72.1 Å². The molecule has 3 aromatic rings. The highest BCUT2D eigenvalue weighted by Crippen LogP contribution is 2.27. The van der Waals surface area contributed by atoms with Gasteiger partial charge in [0.2, 0.25) is 0 Å². The van der Waals surface area contributed by atoms with E-state index in [1.807, 2.05) is 24.3 Å². The summed E-state index contributed by atoms with van der Waals surface area (Å²) in [6.07, 6.45) is 2.27. The van der Waals surface area contributed by atoms with E-state index in [1.165, 1.54) is 26.0 Å². The van der Waals surface area contributed by atoms with Gasteiger partial charge in [-0.15, -0.1) is 0 Å². The maximum absolute atomic E-state index is 12.2. The molecule has 0 atom stereocenters. The second-order valence-corrected chi connectivity index (χ2v) is 7.68. The molecule has 0 radical (unpaired) electrons. The van der Waals surface area contributed by atoms with Crippen LogP contribution in [-0.4, -0.2) is 44.8 Å². The van der Waals surface area contributed by atoms with Gasteiger partial charge in [-0.2, -0.15) is 5.10 Å². The van der Waals surface area contributed by atoms with Crippen LogP contribution in [0.2, 0.25) is 0 Å². The Balaban J connectivity index is 1.50. The van der Waals surface area contributed by atoms with Gasteiger partial charge in [0.25, 0.3) is 5.91 Å². The molecule has 192 valence electrons. The average Bonchev–Trinajstić information content (AvgIpc) is 2.92. The van der Waals surface area contributed by atoms with Crippen molar-refractivity contribution in [3.8, 4) is 17.2 Å². The summed E-state index contributed by atoms with van der Waals surface area (Å²) in [4.78, 5) is 36.3. The minimum absolute atomic E-state index is 0.210. The number of methoxy groups -OCH3 is 2. The van der Waals surface area contributed by atoms with Gasteiger partial charge < -0.3 is 24.8 Å². The first-order valence-electron chi connectivity index (χ1n) is 11.4. The fraction of sp³-hybridized carbons (Fsp3) is 0.185. The lowest BCUT2D eigenvalue weighted by Gasteiger charge is -2.11. The van der Waals surface area contributed by atoms with Crippen LogP contribution < -0.4 is 30.3 Å². The minimum atomic E-state index is -0.936. The van der Waals surface area contributed by atoms with E-state index >= 15 is 0 Å². The maximum atomic E-state index is 12.2. The van der Waals surface area contributed by atoms with E-state index in [1.54, 1.807) is 42.5 Å². The normalized spacial score (nSPS) is 10.5. The van der Waals surface area contributed by atoms with E-state index in [0.717, 1.165) is 6.42 Å². The van der Waals surface area contributed by atoms with Crippen molar-refractivity contribution in [2.45, 2.75) is 13.3 Å². The zero-order valence-electron chi connectivity index (χ0n) is 20.7. The zero-order valence-corrected chi connectivity index (χ0v) is 20.7. The van der Waals surface area contributed by atoms with Crippen molar-refractivity contribution >= 4 is 35.3 Å². The summed E-state index contributed by atoms with van der Waals surface area (Å²) in [7, 11) is 2.99.